The van der Waals surface area contributed by atoms with Gasteiger partial charge in [0.15, 0.2) is 5.65 Å². The molecule has 0 bridgehead atoms. The van der Waals surface area contributed by atoms with Gasteiger partial charge in [-0.3, -0.25) is 14.8 Å². The van der Waals surface area contributed by atoms with Crippen LogP contribution >= 0.6 is 0 Å². The molecule has 0 amide bonds. The van der Waals surface area contributed by atoms with Gasteiger partial charge in [-0.2, -0.15) is 10.2 Å². The zero-order valence-electron chi connectivity index (χ0n) is 16.0. The van der Waals surface area contributed by atoms with E-state index in [9.17, 15) is 0 Å². The van der Waals surface area contributed by atoms with Crippen molar-refractivity contribution in [1.82, 2.24) is 39.9 Å². The molecular formula is C22H16N8. The Morgan fingerprint density at radius 1 is 0.833 bits per heavy atom. The molecule has 0 atom stereocenters. The molecule has 0 aliphatic carbocycles. The first kappa shape index (κ1) is 16.6. The van der Waals surface area contributed by atoms with E-state index < -0.39 is 0 Å². The summed E-state index contributed by atoms with van der Waals surface area (Å²) in [6, 6.07) is 10.2. The minimum atomic E-state index is 0.735. The summed E-state index contributed by atoms with van der Waals surface area (Å²) in [5, 5.41) is 13.8. The zero-order chi connectivity index (χ0) is 20.1. The second-order valence-electron chi connectivity index (χ2n) is 7.13. The largest absolute Gasteiger partial charge is 0.338 e. The van der Waals surface area contributed by atoms with Gasteiger partial charge in [0.05, 0.1) is 11.9 Å². The lowest BCUT2D eigenvalue weighted by atomic mass is 10.0. The number of pyridine rings is 3. The average molecular weight is 392 g/mol. The molecule has 2 N–H and O–H groups in total. The number of aryl methyl sites for hydroxylation is 1. The molecule has 0 saturated heterocycles. The zero-order valence-corrected chi connectivity index (χ0v) is 16.0. The fraction of sp³-hybridized carbons (Fsp3) is 0.0455. The maximum absolute atomic E-state index is 4.54. The highest BCUT2D eigenvalue weighted by atomic mass is 15.2. The third kappa shape index (κ3) is 2.58. The molecule has 0 radical (unpaired) electrons. The molecule has 6 aromatic rings. The SMILES string of the molecule is Cn1cc(-c2cnc3[nH]nc(-c4cc5c(-c6ccncc6)ccnc5[nH]4)c3c2)cn1. The van der Waals surface area contributed by atoms with Crippen molar-refractivity contribution in [2.75, 3.05) is 0 Å². The van der Waals surface area contributed by atoms with Crippen LogP contribution in [0.2, 0.25) is 0 Å². The summed E-state index contributed by atoms with van der Waals surface area (Å²) in [5.74, 6) is 0. The third-order valence-electron chi connectivity index (χ3n) is 5.23. The van der Waals surface area contributed by atoms with Gasteiger partial charge in [-0.25, -0.2) is 9.97 Å². The van der Waals surface area contributed by atoms with Crippen LogP contribution in [0.3, 0.4) is 0 Å². The molecular weight excluding hydrogens is 376 g/mol. The molecule has 30 heavy (non-hydrogen) atoms. The number of hydrogen-bond acceptors (Lipinski definition) is 5. The van der Waals surface area contributed by atoms with Gasteiger partial charge in [0.1, 0.15) is 11.3 Å². The highest BCUT2D eigenvalue weighted by Crippen LogP contribution is 2.33. The predicted octanol–water partition coefficient (Wildman–Crippen LogP) is 3.96. The van der Waals surface area contributed by atoms with Gasteiger partial charge in [0, 0.05) is 59.9 Å². The first-order valence-electron chi connectivity index (χ1n) is 9.48. The minimum absolute atomic E-state index is 0.735. The second-order valence-corrected chi connectivity index (χ2v) is 7.13. The maximum atomic E-state index is 4.54. The van der Waals surface area contributed by atoms with Crippen LogP contribution in [0.4, 0.5) is 0 Å². The monoisotopic (exact) mass is 392 g/mol. The summed E-state index contributed by atoms with van der Waals surface area (Å²) >= 11 is 0. The summed E-state index contributed by atoms with van der Waals surface area (Å²) in [6.45, 7) is 0. The number of hydrogen-bond donors (Lipinski definition) is 2. The van der Waals surface area contributed by atoms with Gasteiger partial charge in [0.2, 0.25) is 0 Å². The minimum Gasteiger partial charge on any atom is -0.338 e. The van der Waals surface area contributed by atoms with Crippen molar-refractivity contribution >= 4 is 22.1 Å². The molecule has 0 spiro atoms. The molecule has 6 heterocycles. The molecule has 0 aromatic carbocycles. The Balaban J connectivity index is 1.52. The summed E-state index contributed by atoms with van der Waals surface area (Å²) in [4.78, 5) is 16.6. The molecule has 8 nitrogen and oxygen atoms in total. The number of aromatic nitrogens is 8. The predicted molar refractivity (Wildman–Crippen MR) is 114 cm³/mol. The van der Waals surface area contributed by atoms with Crippen molar-refractivity contribution in [3.8, 4) is 33.6 Å². The molecule has 6 rings (SSSR count). The van der Waals surface area contributed by atoms with E-state index in [1.807, 2.05) is 50.0 Å². The Hall–Kier alpha value is -4.33. The van der Waals surface area contributed by atoms with E-state index >= 15 is 0 Å². The molecule has 0 aliphatic rings. The average Bonchev–Trinajstić information content (AvgIpc) is 3.50. The lowest BCUT2D eigenvalue weighted by molar-refractivity contribution is 0.768. The number of nitrogens with zero attached hydrogens (tertiary/aromatic N) is 6. The van der Waals surface area contributed by atoms with Gasteiger partial charge in [-0.15, -0.1) is 0 Å². The number of aromatic amines is 2. The second kappa shape index (κ2) is 6.35. The van der Waals surface area contributed by atoms with Gasteiger partial charge in [0.25, 0.3) is 0 Å². The van der Waals surface area contributed by atoms with E-state index in [0.29, 0.717) is 0 Å². The summed E-state index contributed by atoms with van der Waals surface area (Å²) in [5.41, 5.74) is 7.43. The van der Waals surface area contributed by atoms with Crippen molar-refractivity contribution in [2.24, 2.45) is 7.05 Å². The Bertz CT molecular complexity index is 1510. The van der Waals surface area contributed by atoms with Crippen molar-refractivity contribution in [1.29, 1.82) is 0 Å². The quantitative estimate of drug-likeness (QED) is 0.475. The third-order valence-corrected chi connectivity index (χ3v) is 5.23. The Morgan fingerprint density at radius 3 is 2.57 bits per heavy atom. The fourth-order valence-electron chi connectivity index (χ4n) is 3.77. The maximum Gasteiger partial charge on any atom is 0.155 e. The molecule has 6 aromatic heterocycles. The van der Waals surface area contributed by atoms with Gasteiger partial charge in [-0.1, -0.05) is 0 Å². The van der Waals surface area contributed by atoms with Crippen LogP contribution in [0, 0.1) is 0 Å². The first-order chi connectivity index (χ1) is 14.8. The van der Waals surface area contributed by atoms with Crippen molar-refractivity contribution in [3.63, 3.8) is 0 Å². The lowest BCUT2D eigenvalue weighted by Gasteiger charge is -2.01. The van der Waals surface area contributed by atoms with Crippen LogP contribution in [0.25, 0.3) is 55.7 Å². The number of rotatable bonds is 3. The molecule has 0 fully saturated rings. The summed E-state index contributed by atoms with van der Waals surface area (Å²) in [6.07, 6.45) is 11.0. The molecule has 0 aliphatic heterocycles. The topological polar surface area (TPSA) is 101 Å². The summed E-state index contributed by atoms with van der Waals surface area (Å²) in [7, 11) is 1.90. The number of H-pyrrole nitrogens is 2. The van der Waals surface area contributed by atoms with Crippen LogP contribution in [0.1, 0.15) is 0 Å². The van der Waals surface area contributed by atoms with Crippen LogP contribution in [-0.2, 0) is 7.05 Å². The standard InChI is InChI=1S/C22H16N8/c1-30-12-15(11-26-30)14-8-18-20(28-29-22(18)25-10-14)19-9-17-16(4-7-24-21(17)27-19)13-2-5-23-6-3-13/h2-12H,1H3,(H,24,27)(H,25,28,29). The van der Waals surface area contributed by atoms with E-state index in [1.165, 1.54) is 0 Å². The van der Waals surface area contributed by atoms with Crippen molar-refractivity contribution in [2.45, 2.75) is 0 Å². The van der Waals surface area contributed by atoms with E-state index in [4.69, 9.17) is 0 Å². The molecule has 144 valence electrons. The van der Waals surface area contributed by atoms with Gasteiger partial charge in [-0.05, 0) is 41.5 Å². The van der Waals surface area contributed by atoms with Crippen LogP contribution in [0.15, 0.2) is 67.5 Å². The van der Waals surface area contributed by atoms with Gasteiger partial charge < -0.3 is 4.98 Å². The van der Waals surface area contributed by atoms with Crippen LogP contribution < -0.4 is 0 Å². The Morgan fingerprint density at radius 2 is 1.73 bits per heavy atom. The van der Waals surface area contributed by atoms with Crippen molar-refractivity contribution < 1.29 is 0 Å². The number of fused-ring (bicyclic) bond motifs is 2. The lowest BCUT2D eigenvalue weighted by Crippen LogP contribution is -1.84. The van der Waals surface area contributed by atoms with E-state index in [2.05, 4.69) is 47.4 Å². The molecule has 0 unspecified atom stereocenters. The summed E-state index contributed by atoms with van der Waals surface area (Å²) < 4.78 is 1.78. The van der Waals surface area contributed by atoms with Crippen LogP contribution in [0.5, 0.6) is 0 Å². The normalized spacial score (nSPS) is 11.5. The smallest absolute Gasteiger partial charge is 0.155 e. The van der Waals surface area contributed by atoms with E-state index in [1.54, 1.807) is 17.1 Å². The highest BCUT2D eigenvalue weighted by Gasteiger charge is 2.15. The Labute approximate surface area is 170 Å². The Kier molecular flexibility index (Phi) is 3.51. The molecule has 8 heteroatoms. The van der Waals surface area contributed by atoms with Crippen LogP contribution in [-0.4, -0.2) is 39.9 Å². The fourth-order valence-corrected chi connectivity index (χ4v) is 3.77. The number of nitrogens with one attached hydrogen (secondary N) is 2. The van der Waals surface area contributed by atoms with Gasteiger partial charge >= 0.3 is 0 Å². The first-order valence-corrected chi connectivity index (χ1v) is 9.48. The highest BCUT2D eigenvalue weighted by molar-refractivity contribution is 5.99. The van der Waals surface area contributed by atoms with E-state index in [-0.39, 0.29) is 0 Å². The van der Waals surface area contributed by atoms with E-state index in [0.717, 1.165) is 55.7 Å². The van der Waals surface area contributed by atoms with Crippen molar-refractivity contribution in [3.05, 3.63) is 67.5 Å². The molecule has 0 saturated carbocycles.